The van der Waals surface area contributed by atoms with Crippen molar-refractivity contribution >= 4 is 35.6 Å². The van der Waals surface area contributed by atoms with Crippen LogP contribution in [0, 0.1) is 13.8 Å². The van der Waals surface area contributed by atoms with Crippen molar-refractivity contribution in [1.82, 2.24) is 5.16 Å². The number of guanidine groups is 1. The number of rotatable bonds is 4. The number of halogens is 1. The van der Waals surface area contributed by atoms with E-state index in [0.29, 0.717) is 24.2 Å². The first-order valence-electron chi connectivity index (χ1n) is 7.05. The molecule has 0 amide bonds. The van der Waals surface area contributed by atoms with Crippen LogP contribution in [-0.4, -0.2) is 11.1 Å². The number of hydrogen-bond acceptors (Lipinski definition) is 3. The summed E-state index contributed by atoms with van der Waals surface area (Å²) in [6.07, 6.45) is 0. The normalized spacial score (nSPS) is 11.4. The lowest BCUT2D eigenvalue weighted by Gasteiger charge is -2.07. The monoisotopic (exact) mass is 414 g/mol. The number of nitrogens with zero attached hydrogens (tertiary/aromatic N) is 2. The molecule has 1 aromatic carbocycles. The fourth-order valence-corrected chi connectivity index (χ4v) is 1.85. The standard InChI is InChI=1S/C16H22N4O.HI/c1-10(2)15-8-14(21-20-15)9-18-16(17)19-13-6-5-11(3)12(4)7-13;/h5-8,10H,9H2,1-4H3,(H3,17,18,19);1H. The van der Waals surface area contributed by atoms with Gasteiger partial charge in [-0.3, -0.25) is 0 Å². The molecular weight excluding hydrogens is 391 g/mol. The van der Waals surface area contributed by atoms with Crippen molar-refractivity contribution in [2.45, 2.75) is 40.2 Å². The highest BCUT2D eigenvalue weighted by Crippen LogP contribution is 2.15. The van der Waals surface area contributed by atoms with Crippen molar-refractivity contribution in [2.75, 3.05) is 5.32 Å². The first kappa shape index (κ1) is 18.5. The third-order valence-electron chi connectivity index (χ3n) is 3.35. The lowest BCUT2D eigenvalue weighted by atomic mass is 10.1. The van der Waals surface area contributed by atoms with Crippen LogP contribution in [0.4, 0.5) is 5.69 Å². The molecule has 0 radical (unpaired) electrons. The Hall–Kier alpha value is -1.57. The summed E-state index contributed by atoms with van der Waals surface area (Å²) >= 11 is 0. The number of hydrogen-bond donors (Lipinski definition) is 2. The van der Waals surface area contributed by atoms with Crippen LogP contribution < -0.4 is 11.1 Å². The highest BCUT2D eigenvalue weighted by atomic mass is 127. The molecule has 1 heterocycles. The average molecular weight is 414 g/mol. The van der Waals surface area contributed by atoms with Crippen molar-refractivity contribution in [3.63, 3.8) is 0 Å². The van der Waals surface area contributed by atoms with Crippen molar-refractivity contribution in [1.29, 1.82) is 0 Å². The van der Waals surface area contributed by atoms with Crippen LogP contribution >= 0.6 is 24.0 Å². The number of nitrogens with two attached hydrogens (primary N) is 1. The summed E-state index contributed by atoms with van der Waals surface area (Å²) in [6, 6.07) is 7.99. The Morgan fingerprint density at radius 2 is 2.00 bits per heavy atom. The van der Waals surface area contributed by atoms with Crippen LogP contribution in [0.1, 0.15) is 42.3 Å². The van der Waals surface area contributed by atoms with Crippen LogP contribution in [0.3, 0.4) is 0 Å². The van der Waals surface area contributed by atoms with E-state index < -0.39 is 0 Å². The Morgan fingerprint density at radius 3 is 2.59 bits per heavy atom. The number of aromatic nitrogens is 1. The molecule has 0 spiro atoms. The summed E-state index contributed by atoms with van der Waals surface area (Å²) in [5, 5.41) is 7.07. The number of aryl methyl sites for hydroxylation is 2. The van der Waals surface area contributed by atoms with E-state index in [-0.39, 0.29) is 24.0 Å². The molecule has 0 unspecified atom stereocenters. The quantitative estimate of drug-likeness (QED) is 0.451. The lowest BCUT2D eigenvalue weighted by Crippen LogP contribution is -2.22. The van der Waals surface area contributed by atoms with Crippen LogP contribution in [0.15, 0.2) is 33.8 Å². The van der Waals surface area contributed by atoms with Gasteiger partial charge in [-0.2, -0.15) is 0 Å². The molecule has 6 heteroatoms. The highest BCUT2D eigenvalue weighted by molar-refractivity contribution is 14.0. The Kier molecular flexibility index (Phi) is 6.86. The zero-order valence-corrected chi connectivity index (χ0v) is 15.7. The molecule has 0 saturated heterocycles. The minimum Gasteiger partial charge on any atom is -0.370 e. The van der Waals surface area contributed by atoms with Gasteiger partial charge in [0.1, 0.15) is 6.54 Å². The fraction of sp³-hybridized carbons (Fsp3) is 0.375. The molecule has 2 aromatic rings. The summed E-state index contributed by atoms with van der Waals surface area (Å²) in [6.45, 7) is 8.66. The minimum absolute atomic E-state index is 0. The number of nitrogens with one attached hydrogen (secondary N) is 1. The molecule has 120 valence electrons. The second kappa shape index (κ2) is 8.17. The second-order valence-corrected chi connectivity index (χ2v) is 5.50. The van der Waals surface area contributed by atoms with E-state index in [0.717, 1.165) is 11.4 Å². The zero-order valence-electron chi connectivity index (χ0n) is 13.4. The second-order valence-electron chi connectivity index (χ2n) is 5.50. The van der Waals surface area contributed by atoms with Gasteiger partial charge in [-0.25, -0.2) is 4.99 Å². The third-order valence-corrected chi connectivity index (χ3v) is 3.35. The molecular formula is C16H23IN4O. The van der Waals surface area contributed by atoms with Gasteiger partial charge in [-0.15, -0.1) is 24.0 Å². The lowest BCUT2D eigenvalue weighted by molar-refractivity contribution is 0.376. The SMILES string of the molecule is Cc1ccc(NC(N)=NCc2cc(C(C)C)no2)cc1C.I. The average Bonchev–Trinajstić information content (AvgIpc) is 2.90. The van der Waals surface area contributed by atoms with E-state index in [4.69, 9.17) is 10.3 Å². The summed E-state index contributed by atoms with van der Waals surface area (Å²) in [5.74, 6) is 1.42. The molecule has 0 saturated carbocycles. The summed E-state index contributed by atoms with van der Waals surface area (Å²) in [4.78, 5) is 4.26. The van der Waals surface area contributed by atoms with E-state index in [9.17, 15) is 0 Å². The first-order chi connectivity index (χ1) is 9.95. The molecule has 0 aliphatic heterocycles. The molecule has 0 aliphatic rings. The van der Waals surface area contributed by atoms with Gasteiger partial charge in [0.05, 0.1) is 5.69 Å². The van der Waals surface area contributed by atoms with E-state index in [2.05, 4.69) is 49.2 Å². The van der Waals surface area contributed by atoms with E-state index >= 15 is 0 Å². The minimum atomic E-state index is 0. The predicted octanol–water partition coefficient (Wildman–Crippen LogP) is 3.96. The Labute approximate surface area is 148 Å². The van der Waals surface area contributed by atoms with E-state index in [1.165, 1.54) is 11.1 Å². The fourth-order valence-electron chi connectivity index (χ4n) is 1.85. The topological polar surface area (TPSA) is 76.4 Å². The van der Waals surface area contributed by atoms with Crippen molar-refractivity contribution in [2.24, 2.45) is 10.7 Å². The molecule has 0 bridgehead atoms. The number of anilines is 1. The van der Waals surface area contributed by atoms with Gasteiger partial charge < -0.3 is 15.6 Å². The molecule has 0 aliphatic carbocycles. The molecule has 2 rings (SSSR count). The summed E-state index contributed by atoms with van der Waals surface area (Å²) in [5.41, 5.74) is 10.2. The van der Waals surface area contributed by atoms with E-state index in [1.54, 1.807) is 0 Å². The smallest absolute Gasteiger partial charge is 0.193 e. The zero-order chi connectivity index (χ0) is 15.4. The van der Waals surface area contributed by atoms with Crippen LogP contribution in [0.2, 0.25) is 0 Å². The Balaban J connectivity index is 0.00000242. The highest BCUT2D eigenvalue weighted by Gasteiger charge is 2.07. The number of aliphatic imine (C=N–C) groups is 1. The third kappa shape index (κ3) is 5.01. The maximum absolute atomic E-state index is 5.89. The Bertz CT molecular complexity index is 649. The van der Waals surface area contributed by atoms with E-state index in [1.807, 2.05) is 18.2 Å². The van der Waals surface area contributed by atoms with Gasteiger partial charge in [-0.1, -0.05) is 25.1 Å². The van der Waals surface area contributed by atoms with Gasteiger partial charge in [-0.05, 0) is 43.0 Å². The molecule has 5 nitrogen and oxygen atoms in total. The van der Waals surface area contributed by atoms with Crippen LogP contribution in [0.25, 0.3) is 0 Å². The van der Waals surface area contributed by atoms with Crippen LogP contribution in [0.5, 0.6) is 0 Å². The molecule has 22 heavy (non-hydrogen) atoms. The molecule has 1 aromatic heterocycles. The van der Waals surface area contributed by atoms with Gasteiger partial charge in [0.2, 0.25) is 0 Å². The number of benzene rings is 1. The summed E-state index contributed by atoms with van der Waals surface area (Å²) < 4.78 is 5.22. The van der Waals surface area contributed by atoms with Crippen molar-refractivity contribution in [3.05, 3.63) is 46.8 Å². The molecule has 0 atom stereocenters. The van der Waals surface area contributed by atoms with Crippen LogP contribution in [-0.2, 0) is 6.54 Å². The maximum Gasteiger partial charge on any atom is 0.193 e. The molecule has 3 N–H and O–H groups in total. The van der Waals surface area contributed by atoms with Crippen molar-refractivity contribution < 1.29 is 4.52 Å². The van der Waals surface area contributed by atoms with Gasteiger partial charge in [0.15, 0.2) is 11.7 Å². The maximum atomic E-state index is 5.89. The summed E-state index contributed by atoms with van der Waals surface area (Å²) in [7, 11) is 0. The van der Waals surface area contributed by atoms with Gasteiger partial charge in [0, 0.05) is 11.8 Å². The predicted molar refractivity (Wildman–Crippen MR) is 101 cm³/mol. The Morgan fingerprint density at radius 1 is 1.27 bits per heavy atom. The van der Waals surface area contributed by atoms with Gasteiger partial charge >= 0.3 is 0 Å². The molecule has 0 fully saturated rings. The largest absolute Gasteiger partial charge is 0.370 e. The first-order valence-corrected chi connectivity index (χ1v) is 7.05. The van der Waals surface area contributed by atoms with Gasteiger partial charge in [0.25, 0.3) is 0 Å². The van der Waals surface area contributed by atoms with Crippen molar-refractivity contribution in [3.8, 4) is 0 Å².